The summed E-state index contributed by atoms with van der Waals surface area (Å²) in [4.78, 5) is 2.02. The lowest BCUT2D eigenvalue weighted by molar-refractivity contribution is 0.363. The topological polar surface area (TPSA) is 24.5 Å². The number of thiocarbonyl (C=S) groups is 1. The summed E-state index contributed by atoms with van der Waals surface area (Å²) < 4.78 is 5.50. The number of hydrogen-bond acceptors (Lipinski definition) is 2. The van der Waals surface area contributed by atoms with Crippen molar-refractivity contribution >= 4 is 23.0 Å². The van der Waals surface area contributed by atoms with Crippen molar-refractivity contribution in [3.8, 4) is 5.75 Å². The summed E-state index contributed by atoms with van der Waals surface area (Å²) >= 11 is 5.52. The fourth-order valence-electron chi connectivity index (χ4n) is 2.29. The van der Waals surface area contributed by atoms with E-state index in [-0.39, 0.29) is 0 Å². The maximum atomic E-state index is 5.52. The van der Waals surface area contributed by atoms with Gasteiger partial charge in [0, 0.05) is 19.3 Å². The minimum Gasteiger partial charge on any atom is -0.490 e. The van der Waals surface area contributed by atoms with Gasteiger partial charge in [-0.05, 0) is 61.0 Å². The van der Waals surface area contributed by atoms with Crippen molar-refractivity contribution in [3.63, 3.8) is 0 Å². The van der Waals surface area contributed by atoms with Crippen molar-refractivity contribution < 1.29 is 4.74 Å². The highest BCUT2D eigenvalue weighted by Gasteiger charge is 2.08. The average Bonchev–Trinajstić information content (AvgIpc) is 2.58. The van der Waals surface area contributed by atoms with E-state index in [4.69, 9.17) is 17.0 Å². The fraction of sp³-hybridized carbons (Fsp3) is 0.250. The molecule has 0 aliphatic carbocycles. The highest BCUT2D eigenvalue weighted by atomic mass is 32.1. The highest BCUT2D eigenvalue weighted by Crippen LogP contribution is 2.19. The molecule has 0 radical (unpaired) electrons. The molecule has 0 heterocycles. The Morgan fingerprint density at radius 2 is 1.92 bits per heavy atom. The second-order valence-electron chi connectivity index (χ2n) is 5.78. The predicted molar refractivity (Wildman–Crippen MR) is 106 cm³/mol. The minimum absolute atomic E-state index is 0.517. The normalized spacial score (nSPS) is 10.1. The number of benzene rings is 2. The maximum Gasteiger partial charge on any atom is 0.173 e. The molecule has 0 aliphatic heterocycles. The molecule has 0 amide bonds. The molecular formula is C20H24N2OS. The van der Waals surface area contributed by atoms with Crippen molar-refractivity contribution in [3.05, 3.63) is 71.8 Å². The van der Waals surface area contributed by atoms with Crippen molar-refractivity contribution in [2.24, 2.45) is 0 Å². The highest BCUT2D eigenvalue weighted by molar-refractivity contribution is 7.80. The molecule has 24 heavy (non-hydrogen) atoms. The van der Waals surface area contributed by atoms with Crippen LogP contribution in [-0.2, 0) is 6.54 Å². The number of nitrogens with zero attached hydrogens (tertiary/aromatic N) is 1. The van der Waals surface area contributed by atoms with Gasteiger partial charge in [-0.25, -0.2) is 0 Å². The number of hydrogen-bond donors (Lipinski definition) is 1. The molecule has 2 aromatic rings. The Balaban J connectivity index is 1.96. The Kier molecular flexibility index (Phi) is 6.38. The number of ether oxygens (including phenoxy) is 1. The third-order valence-corrected chi connectivity index (χ3v) is 4.32. The first kappa shape index (κ1) is 18.0. The smallest absolute Gasteiger partial charge is 0.173 e. The molecule has 2 aromatic carbocycles. The van der Waals surface area contributed by atoms with Crippen LogP contribution in [0.3, 0.4) is 0 Å². The fourth-order valence-corrected chi connectivity index (χ4v) is 2.46. The van der Waals surface area contributed by atoms with Crippen LogP contribution in [0.4, 0.5) is 5.69 Å². The molecule has 0 aliphatic rings. The van der Waals surface area contributed by atoms with Gasteiger partial charge in [0.1, 0.15) is 12.4 Å². The van der Waals surface area contributed by atoms with E-state index in [9.17, 15) is 0 Å². The first-order valence-electron chi connectivity index (χ1n) is 7.92. The SMILES string of the molecule is C=CCOc1ccc(CN(C)C(=S)Nc2cccc(C)c2C)cc1. The largest absolute Gasteiger partial charge is 0.490 e. The van der Waals surface area contributed by atoms with E-state index in [1.165, 1.54) is 16.7 Å². The van der Waals surface area contributed by atoms with Crippen molar-refractivity contribution in [1.82, 2.24) is 4.90 Å². The van der Waals surface area contributed by atoms with Gasteiger partial charge in [-0.15, -0.1) is 0 Å². The predicted octanol–water partition coefficient (Wildman–Crippen LogP) is 4.70. The van der Waals surface area contributed by atoms with Crippen LogP contribution >= 0.6 is 12.2 Å². The zero-order valence-electron chi connectivity index (χ0n) is 14.5. The van der Waals surface area contributed by atoms with Crippen LogP contribution in [-0.4, -0.2) is 23.7 Å². The summed E-state index contributed by atoms with van der Waals surface area (Å²) in [6.45, 7) is 9.10. The van der Waals surface area contributed by atoms with Crippen molar-refractivity contribution in [2.75, 3.05) is 19.0 Å². The summed E-state index contributed by atoms with van der Waals surface area (Å²) in [6.07, 6.45) is 1.74. The summed E-state index contributed by atoms with van der Waals surface area (Å²) in [6, 6.07) is 14.2. The Morgan fingerprint density at radius 3 is 2.58 bits per heavy atom. The lowest BCUT2D eigenvalue weighted by Gasteiger charge is -2.22. The van der Waals surface area contributed by atoms with Gasteiger partial charge in [-0.3, -0.25) is 0 Å². The summed E-state index contributed by atoms with van der Waals surface area (Å²) in [5.41, 5.74) is 4.70. The number of anilines is 1. The number of nitrogens with one attached hydrogen (secondary N) is 1. The lowest BCUT2D eigenvalue weighted by Crippen LogP contribution is -2.30. The van der Waals surface area contributed by atoms with E-state index in [1.807, 2.05) is 36.2 Å². The van der Waals surface area contributed by atoms with Crippen LogP contribution in [0.15, 0.2) is 55.1 Å². The molecule has 126 valence electrons. The van der Waals surface area contributed by atoms with Crippen LogP contribution < -0.4 is 10.1 Å². The maximum absolute atomic E-state index is 5.52. The van der Waals surface area contributed by atoms with Crippen LogP contribution in [0.25, 0.3) is 0 Å². The quantitative estimate of drug-likeness (QED) is 0.609. The van der Waals surface area contributed by atoms with E-state index < -0.39 is 0 Å². The standard InChI is InChI=1S/C20H24N2OS/c1-5-13-23-18-11-9-17(10-12-18)14-22(4)20(24)21-19-8-6-7-15(2)16(19)3/h5-12H,1,13-14H2,2-4H3,(H,21,24). The molecule has 4 heteroatoms. The minimum atomic E-state index is 0.517. The summed E-state index contributed by atoms with van der Waals surface area (Å²) in [7, 11) is 1.99. The molecular weight excluding hydrogens is 316 g/mol. The van der Waals surface area contributed by atoms with E-state index in [0.29, 0.717) is 11.7 Å². The van der Waals surface area contributed by atoms with Crippen LogP contribution in [0.5, 0.6) is 5.75 Å². The third kappa shape index (κ3) is 4.83. The molecule has 0 fully saturated rings. The summed E-state index contributed by atoms with van der Waals surface area (Å²) in [5, 5.41) is 4.04. The Labute approximate surface area is 150 Å². The van der Waals surface area contributed by atoms with E-state index in [2.05, 4.69) is 43.9 Å². The molecule has 0 spiro atoms. The zero-order valence-corrected chi connectivity index (χ0v) is 15.3. The molecule has 0 bridgehead atoms. The molecule has 0 saturated heterocycles. The zero-order chi connectivity index (χ0) is 17.5. The molecule has 0 unspecified atom stereocenters. The monoisotopic (exact) mass is 340 g/mol. The van der Waals surface area contributed by atoms with Gasteiger partial charge in [0.05, 0.1) is 0 Å². The average molecular weight is 340 g/mol. The van der Waals surface area contributed by atoms with Gasteiger partial charge in [0.2, 0.25) is 0 Å². The number of aryl methyl sites for hydroxylation is 1. The Hall–Kier alpha value is -2.33. The first-order valence-corrected chi connectivity index (χ1v) is 8.33. The van der Waals surface area contributed by atoms with Crippen LogP contribution in [0.2, 0.25) is 0 Å². The van der Waals surface area contributed by atoms with Gasteiger partial charge < -0.3 is 15.0 Å². The van der Waals surface area contributed by atoms with E-state index in [0.717, 1.165) is 18.0 Å². The number of rotatable bonds is 6. The van der Waals surface area contributed by atoms with Gasteiger partial charge in [0.15, 0.2) is 5.11 Å². The molecule has 2 rings (SSSR count). The van der Waals surface area contributed by atoms with E-state index >= 15 is 0 Å². The van der Waals surface area contributed by atoms with Gasteiger partial charge >= 0.3 is 0 Å². The first-order chi connectivity index (χ1) is 11.5. The van der Waals surface area contributed by atoms with Gasteiger partial charge in [-0.2, -0.15) is 0 Å². The second kappa shape index (κ2) is 8.50. The molecule has 3 nitrogen and oxygen atoms in total. The van der Waals surface area contributed by atoms with Crippen LogP contribution in [0.1, 0.15) is 16.7 Å². The molecule has 0 atom stereocenters. The van der Waals surface area contributed by atoms with Gasteiger partial charge in [0.25, 0.3) is 0 Å². The Bertz CT molecular complexity index is 710. The lowest BCUT2D eigenvalue weighted by atomic mass is 10.1. The third-order valence-electron chi connectivity index (χ3n) is 3.90. The van der Waals surface area contributed by atoms with Crippen molar-refractivity contribution in [1.29, 1.82) is 0 Å². The summed E-state index contributed by atoms with van der Waals surface area (Å²) in [5.74, 6) is 0.845. The second-order valence-corrected chi connectivity index (χ2v) is 6.16. The van der Waals surface area contributed by atoms with Gasteiger partial charge in [-0.1, -0.05) is 36.9 Å². The Morgan fingerprint density at radius 1 is 1.21 bits per heavy atom. The van der Waals surface area contributed by atoms with E-state index in [1.54, 1.807) is 6.08 Å². The van der Waals surface area contributed by atoms with Crippen LogP contribution in [0, 0.1) is 13.8 Å². The molecule has 0 saturated carbocycles. The van der Waals surface area contributed by atoms with Crippen molar-refractivity contribution in [2.45, 2.75) is 20.4 Å². The molecule has 1 N–H and O–H groups in total. The molecule has 0 aromatic heterocycles.